The fourth-order valence-corrected chi connectivity index (χ4v) is 3.17. The molecule has 3 heteroatoms. The molecule has 2 aromatic carbocycles. The molecule has 0 N–H and O–H groups in total. The highest BCUT2D eigenvalue weighted by atomic mass is 16.5. The molecule has 0 fully saturated rings. The minimum Gasteiger partial charge on any atom is -0.494 e. The van der Waals surface area contributed by atoms with Gasteiger partial charge in [0.2, 0.25) is 0 Å². The van der Waals surface area contributed by atoms with E-state index in [2.05, 4.69) is 20.8 Å². The Morgan fingerprint density at radius 3 is 2.10 bits per heavy atom. The van der Waals surface area contributed by atoms with Crippen molar-refractivity contribution in [1.82, 2.24) is 0 Å². The molecule has 0 aromatic heterocycles. The van der Waals surface area contributed by atoms with Gasteiger partial charge in [0.15, 0.2) is 0 Å². The molecule has 0 radical (unpaired) electrons. The molecule has 0 aliphatic rings. The van der Waals surface area contributed by atoms with E-state index in [1.54, 1.807) is 12.1 Å². The molecule has 2 rings (SSSR count). The molecule has 0 bridgehead atoms. The van der Waals surface area contributed by atoms with Gasteiger partial charge in [-0.3, -0.25) is 0 Å². The summed E-state index contributed by atoms with van der Waals surface area (Å²) < 4.78 is 11.3. The number of carbonyl (C=O) groups excluding carboxylic acids is 1. The van der Waals surface area contributed by atoms with Crippen LogP contribution in [0.25, 0.3) is 0 Å². The quantitative estimate of drug-likeness (QED) is 0.203. The average molecular weight is 397 g/mol. The maximum Gasteiger partial charge on any atom is 0.343 e. The first-order valence-electron chi connectivity index (χ1n) is 11.2. The maximum absolute atomic E-state index is 12.4. The minimum absolute atomic E-state index is 0.345. The van der Waals surface area contributed by atoms with Crippen LogP contribution in [0.1, 0.15) is 81.6 Å². The lowest BCUT2D eigenvalue weighted by Gasteiger charge is -2.10. The first-order chi connectivity index (χ1) is 14.1. The first kappa shape index (κ1) is 23.0. The normalized spacial score (nSPS) is 11.8. The summed E-state index contributed by atoms with van der Waals surface area (Å²) in [6.45, 7) is 7.40. The fraction of sp³-hybridized carbons (Fsp3) is 0.500. The summed E-state index contributed by atoms with van der Waals surface area (Å²) in [5.74, 6) is 1.68. The summed E-state index contributed by atoms with van der Waals surface area (Å²) in [6.07, 6.45) is 9.67. The predicted molar refractivity (Wildman–Crippen MR) is 120 cm³/mol. The van der Waals surface area contributed by atoms with E-state index >= 15 is 0 Å². The van der Waals surface area contributed by atoms with Gasteiger partial charge in [0.25, 0.3) is 0 Å². The number of rotatable bonds is 13. The molecule has 0 saturated heterocycles. The maximum atomic E-state index is 12.4. The Labute approximate surface area is 176 Å². The van der Waals surface area contributed by atoms with E-state index in [0.29, 0.717) is 17.2 Å². The zero-order valence-electron chi connectivity index (χ0n) is 18.3. The third-order valence-corrected chi connectivity index (χ3v) is 5.27. The molecular weight excluding hydrogens is 360 g/mol. The van der Waals surface area contributed by atoms with Crippen molar-refractivity contribution >= 4 is 5.97 Å². The van der Waals surface area contributed by atoms with Crippen molar-refractivity contribution in [2.75, 3.05) is 6.61 Å². The van der Waals surface area contributed by atoms with Crippen LogP contribution in [0.4, 0.5) is 0 Å². The highest BCUT2D eigenvalue weighted by Crippen LogP contribution is 2.19. The second-order valence-corrected chi connectivity index (χ2v) is 7.89. The molecule has 0 spiro atoms. The van der Waals surface area contributed by atoms with Crippen LogP contribution >= 0.6 is 0 Å². The molecule has 0 unspecified atom stereocenters. The van der Waals surface area contributed by atoms with Gasteiger partial charge in [-0.05, 0) is 60.7 Å². The van der Waals surface area contributed by atoms with Crippen LogP contribution in [0.5, 0.6) is 11.5 Å². The number of ether oxygens (including phenoxy) is 2. The zero-order chi connectivity index (χ0) is 20.9. The first-order valence-corrected chi connectivity index (χ1v) is 11.2. The van der Waals surface area contributed by atoms with E-state index in [9.17, 15) is 4.79 Å². The lowest BCUT2D eigenvalue weighted by molar-refractivity contribution is 0.0734. The zero-order valence-corrected chi connectivity index (χ0v) is 18.3. The van der Waals surface area contributed by atoms with Gasteiger partial charge in [0, 0.05) is 0 Å². The van der Waals surface area contributed by atoms with Gasteiger partial charge in [-0.1, -0.05) is 71.4 Å². The summed E-state index contributed by atoms with van der Waals surface area (Å²) in [5, 5.41) is 0. The van der Waals surface area contributed by atoms with Crippen molar-refractivity contribution < 1.29 is 14.3 Å². The van der Waals surface area contributed by atoms with Gasteiger partial charge < -0.3 is 9.47 Å². The molecular formula is C26H36O3. The van der Waals surface area contributed by atoms with E-state index in [4.69, 9.17) is 9.47 Å². The predicted octanol–water partition coefficient (Wildman–Crippen LogP) is 7.23. The van der Waals surface area contributed by atoms with Crippen LogP contribution in [-0.4, -0.2) is 12.6 Å². The Morgan fingerprint density at radius 2 is 1.45 bits per heavy atom. The van der Waals surface area contributed by atoms with Crippen molar-refractivity contribution in [2.24, 2.45) is 5.92 Å². The third kappa shape index (κ3) is 8.72. The Kier molecular flexibility index (Phi) is 10.3. The van der Waals surface area contributed by atoms with Crippen LogP contribution in [0, 0.1) is 5.92 Å². The molecule has 0 aliphatic heterocycles. The largest absolute Gasteiger partial charge is 0.494 e. The second kappa shape index (κ2) is 13.0. The highest BCUT2D eigenvalue weighted by Gasteiger charge is 2.09. The number of hydrogen-bond donors (Lipinski definition) is 0. The van der Waals surface area contributed by atoms with E-state index in [-0.39, 0.29) is 5.97 Å². The molecule has 1 atom stereocenters. The van der Waals surface area contributed by atoms with Gasteiger partial charge in [0.1, 0.15) is 11.5 Å². The van der Waals surface area contributed by atoms with E-state index in [1.165, 1.54) is 37.7 Å². The number of unbranched alkanes of at least 4 members (excludes halogenated alkanes) is 5. The van der Waals surface area contributed by atoms with Crippen molar-refractivity contribution in [3.05, 3.63) is 59.7 Å². The number of hydrogen-bond acceptors (Lipinski definition) is 3. The van der Waals surface area contributed by atoms with Crippen molar-refractivity contribution in [3.63, 3.8) is 0 Å². The summed E-state index contributed by atoms with van der Waals surface area (Å²) >= 11 is 0. The Balaban J connectivity index is 1.75. The van der Waals surface area contributed by atoms with Gasteiger partial charge in [-0.25, -0.2) is 4.79 Å². The van der Waals surface area contributed by atoms with Gasteiger partial charge >= 0.3 is 5.97 Å². The van der Waals surface area contributed by atoms with Crippen LogP contribution < -0.4 is 9.47 Å². The molecule has 2 aromatic rings. The molecule has 158 valence electrons. The van der Waals surface area contributed by atoms with Crippen molar-refractivity contribution in [2.45, 2.75) is 72.1 Å². The number of esters is 1. The fourth-order valence-electron chi connectivity index (χ4n) is 3.17. The topological polar surface area (TPSA) is 35.5 Å². The van der Waals surface area contributed by atoms with E-state index in [1.807, 2.05) is 36.4 Å². The number of carbonyl (C=O) groups is 1. The molecule has 3 nitrogen and oxygen atoms in total. The standard InChI is InChI=1S/C26H36O3/c1-4-6-7-8-9-10-19-28-24-17-13-23(14-18-24)26(27)29-25-15-11-22(12-16-25)20-21(3)5-2/h11-18,21H,4-10,19-20H2,1-3H3/t21-/m0/s1. The Morgan fingerprint density at radius 1 is 0.828 bits per heavy atom. The van der Waals surface area contributed by atoms with Gasteiger partial charge in [0.05, 0.1) is 12.2 Å². The van der Waals surface area contributed by atoms with Crippen LogP contribution in [0.15, 0.2) is 48.5 Å². The van der Waals surface area contributed by atoms with E-state index < -0.39 is 0 Å². The Hall–Kier alpha value is -2.29. The summed E-state index contributed by atoms with van der Waals surface area (Å²) in [7, 11) is 0. The smallest absolute Gasteiger partial charge is 0.343 e. The van der Waals surface area contributed by atoms with Crippen molar-refractivity contribution in [3.8, 4) is 11.5 Å². The summed E-state index contributed by atoms with van der Waals surface area (Å²) in [5.41, 5.74) is 1.80. The van der Waals surface area contributed by atoms with Crippen LogP contribution in [-0.2, 0) is 6.42 Å². The summed E-state index contributed by atoms with van der Waals surface area (Å²) in [4.78, 5) is 12.4. The minimum atomic E-state index is -0.345. The summed E-state index contributed by atoms with van der Waals surface area (Å²) in [6, 6.07) is 15.0. The van der Waals surface area contributed by atoms with Crippen LogP contribution in [0.2, 0.25) is 0 Å². The SMILES string of the molecule is CCCCCCCCOc1ccc(C(=O)Oc2ccc(C[C@@H](C)CC)cc2)cc1. The second-order valence-electron chi connectivity index (χ2n) is 7.89. The average Bonchev–Trinajstić information content (AvgIpc) is 2.74. The number of benzene rings is 2. The lowest BCUT2D eigenvalue weighted by Crippen LogP contribution is -2.08. The molecule has 0 heterocycles. The van der Waals surface area contributed by atoms with Gasteiger partial charge in [-0.15, -0.1) is 0 Å². The van der Waals surface area contributed by atoms with Crippen molar-refractivity contribution in [1.29, 1.82) is 0 Å². The Bertz CT molecular complexity index is 704. The monoisotopic (exact) mass is 396 g/mol. The molecule has 0 aliphatic carbocycles. The van der Waals surface area contributed by atoms with Gasteiger partial charge in [-0.2, -0.15) is 0 Å². The lowest BCUT2D eigenvalue weighted by atomic mass is 9.99. The third-order valence-electron chi connectivity index (χ3n) is 5.27. The highest BCUT2D eigenvalue weighted by molar-refractivity contribution is 5.91. The molecule has 0 amide bonds. The van der Waals surface area contributed by atoms with E-state index in [0.717, 1.165) is 31.6 Å². The van der Waals surface area contributed by atoms with Crippen LogP contribution in [0.3, 0.4) is 0 Å². The molecule has 29 heavy (non-hydrogen) atoms. The molecule has 0 saturated carbocycles.